The molecule has 7 heteroatoms. The van der Waals surface area contributed by atoms with Gasteiger partial charge in [-0.15, -0.1) is 11.3 Å². The highest BCUT2D eigenvalue weighted by atomic mass is 32.1. The number of rotatable bonds is 5. The summed E-state index contributed by atoms with van der Waals surface area (Å²) in [6.07, 6.45) is 5.95. The van der Waals surface area contributed by atoms with E-state index in [0.29, 0.717) is 24.5 Å². The van der Waals surface area contributed by atoms with Crippen LogP contribution in [0.3, 0.4) is 0 Å². The van der Waals surface area contributed by atoms with Gasteiger partial charge in [-0.3, -0.25) is 4.79 Å². The molecule has 3 aromatic rings. The molecule has 2 aromatic heterocycles. The maximum atomic E-state index is 13.2. The molecule has 0 spiro atoms. The number of nitrogens with zero attached hydrogens (tertiary/aromatic N) is 2. The summed E-state index contributed by atoms with van der Waals surface area (Å²) in [6, 6.07) is 13.5. The van der Waals surface area contributed by atoms with E-state index >= 15 is 0 Å². The number of furan rings is 1. The van der Waals surface area contributed by atoms with Crippen LogP contribution in [0.2, 0.25) is 0 Å². The lowest BCUT2D eigenvalue weighted by molar-refractivity contribution is 0.102. The number of carbonyl (C=O) groups is 1. The van der Waals surface area contributed by atoms with E-state index in [-0.39, 0.29) is 5.91 Å². The van der Waals surface area contributed by atoms with Crippen molar-refractivity contribution < 1.29 is 13.9 Å². The lowest BCUT2D eigenvalue weighted by Gasteiger charge is -2.26. The topological polar surface area (TPSA) is 67.1 Å². The van der Waals surface area contributed by atoms with Gasteiger partial charge in [0.25, 0.3) is 5.91 Å². The number of fused-ring (bicyclic) bond motifs is 1. The van der Waals surface area contributed by atoms with Crippen LogP contribution in [-0.4, -0.2) is 38.4 Å². The lowest BCUT2D eigenvalue weighted by atomic mass is 9.95. The second kappa shape index (κ2) is 9.08. The third kappa shape index (κ3) is 4.43. The van der Waals surface area contributed by atoms with Crippen molar-refractivity contribution >= 4 is 40.0 Å². The van der Waals surface area contributed by atoms with Crippen molar-refractivity contribution in [2.75, 3.05) is 36.5 Å². The Morgan fingerprint density at radius 3 is 2.71 bits per heavy atom. The fourth-order valence-electron chi connectivity index (χ4n) is 4.08. The van der Waals surface area contributed by atoms with Crippen LogP contribution in [0.5, 0.6) is 0 Å². The van der Waals surface area contributed by atoms with Gasteiger partial charge in [0.15, 0.2) is 5.88 Å². The molecule has 1 saturated heterocycles. The Bertz CT molecular complexity index is 1080. The smallest absolute Gasteiger partial charge is 0.259 e. The van der Waals surface area contributed by atoms with Crippen molar-refractivity contribution in [3.05, 3.63) is 64.2 Å². The number of aliphatic imine (C=N–C) groups is 1. The number of hydrogen-bond donors (Lipinski definition) is 1. The molecule has 6 nitrogen and oxygen atoms in total. The van der Waals surface area contributed by atoms with Gasteiger partial charge in [-0.05, 0) is 49.4 Å². The molecule has 1 aromatic carbocycles. The molecule has 0 atom stereocenters. The predicted octanol–water partition coefficient (Wildman–Crippen LogP) is 5.06. The Morgan fingerprint density at radius 1 is 1.06 bits per heavy atom. The SMILES string of the molecule is O=C(Nc1ccccc1)c1c(N=Cc2ccc(N3CCOCC3)o2)sc2c1CCCC2. The normalized spacial score (nSPS) is 16.5. The van der Waals surface area contributed by atoms with Gasteiger partial charge in [0.1, 0.15) is 10.8 Å². The molecule has 0 saturated carbocycles. The van der Waals surface area contributed by atoms with Crippen LogP contribution in [0.15, 0.2) is 51.9 Å². The molecule has 5 rings (SSSR count). The molecule has 160 valence electrons. The van der Waals surface area contributed by atoms with Crippen LogP contribution in [-0.2, 0) is 17.6 Å². The molecule has 31 heavy (non-hydrogen) atoms. The number of nitrogens with one attached hydrogen (secondary N) is 1. The van der Waals surface area contributed by atoms with Crippen LogP contribution in [0.4, 0.5) is 16.6 Å². The highest BCUT2D eigenvalue weighted by molar-refractivity contribution is 7.16. The zero-order valence-electron chi connectivity index (χ0n) is 17.3. The number of amides is 1. The van der Waals surface area contributed by atoms with Crippen LogP contribution in [0.25, 0.3) is 0 Å². The van der Waals surface area contributed by atoms with Gasteiger partial charge >= 0.3 is 0 Å². The highest BCUT2D eigenvalue weighted by Crippen LogP contribution is 2.40. The molecule has 0 radical (unpaired) electrons. The molecular formula is C24H25N3O3S. The fraction of sp³-hybridized carbons (Fsp3) is 0.333. The van der Waals surface area contributed by atoms with E-state index in [1.54, 1.807) is 17.6 Å². The number of thiophene rings is 1. The number of ether oxygens (including phenoxy) is 1. The van der Waals surface area contributed by atoms with Gasteiger partial charge in [0.2, 0.25) is 0 Å². The molecule has 1 fully saturated rings. The van der Waals surface area contributed by atoms with Crippen LogP contribution >= 0.6 is 11.3 Å². The van der Waals surface area contributed by atoms with Crippen molar-refractivity contribution in [1.29, 1.82) is 0 Å². The Morgan fingerprint density at radius 2 is 1.87 bits per heavy atom. The first-order valence-corrected chi connectivity index (χ1v) is 11.6. The summed E-state index contributed by atoms with van der Waals surface area (Å²) in [7, 11) is 0. The molecule has 1 amide bonds. The maximum Gasteiger partial charge on any atom is 0.259 e. The van der Waals surface area contributed by atoms with Crippen LogP contribution in [0, 0.1) is 0 Å². The minimum Gasteiger partial charge on any atom is -0.440 e. The number of anilines is 2. The van der Waals surface area contributed by atoms with Gasteiger partial charge in [0.05, 0.1) is 25.0 Å². The van der Waals surface area contributed by atoms with E-state index in [2.05, 4.69) is 10.2 Å². The van der Waals surface area contributed by atoms with Crippen molar-refractivity contribution in [3.63, 3.8) is 0 Å². The minimum absolute atomic E-state index is 0.0915. The summed E-state index contributed by atoms with van der Waals surface area (Å²) in [5.74, 6) is 1.42. The predicted molar refractivity (Wildman–Crippen MR) is 124 cm³/mol. The van der Waals surface area contributed by atoms with E-state index in [0.717, 1.165) is 60.9 Å². The van der Waals surface area contributed by atoms with Crippen molar-refractivity contribution in [3.8, 4) is 0 Å². The summed E-state index contributed by atoms with van der Waals surface area (Å²) >= 11 is 1.63. The molecule has 0 bridgehead atoms. The van der Waals surface area contributed by atoms with Gasteiger partial charge in [-0.25, -0.2) is 4.99 Å². The lowest BCUT2D eigenvalue weighted by Crippen LogP contribution is -2.35. The van der Waals surface area contributed by atoms with E-state index in [4.69, 9.17) is 14.1 Å². The number of para-hydroxylation sites is 1. The molecule has 1 aliphatic carbocycles. The number of benzene rings is 1. The third-order valence-corrected chi connectivity index (χ3v) is 6.86. The van der Waals surface area contributed by atoms with Crippen molar-refractivity contribution in [2.45, 2.75) is 25.7 Å². The van der Waals surface area contributed by atoms with E-state index < -0.39 is 0 Å². The second-order valence-electron chi connectivity index (χ2n) is 7.74. The van der Waals surface area contributed by atoms with Crippen molar-refractivity contribution in [1.82, 2.24) is 0 Å². The Balaban J connectivity index is 1.40. The van der Waals surface area contributed by atoms with E-state index in [1.807, 2.05) is 42.5 Å². The summed E-state index contributed by atoms with van der Waals surface area (Å²) in [5, 5.41) is 3.79. The standard InChI is InChI=1S/C24H25N3O3S/c28-23(26-17-6-2-1-3-7-17)22-19-8-4-5-9-20(19)31-24(22)25-16-18-10-11-21(30-18)27-12-14-29-15-13-27/h1-3,6-7,10-11,16H,4-5,8-9,12-15H2,(H,26,28). The summed E-state index contributed by atoms with van der Waals surface area (Å²) in [6.45, 7) is 3.08. The average Bonchev–Trinajstić information content (AvgIpc) is 3.43. The van der Waals surface area contributed by atoms with Crippen LogP contribution < -0.4 is 10.2 Å². The molecule has 1 aliphatic heterocycles. The summed E-state index contributed by atoms with van der Waals surface area (Å²) < 4.78 is 11.4. The molecule has 0 unspecified atom stereocenters. The quantitative estimate of drug-likeness (QED) is 0.569. The minimum atomic E-state index is -0.0915. The number of carbonyl (C=O) groups excluding carboxylic acids is 1. The molecule has 2 aliphatic rings. The van der Waals surface area contributed by atoms with Crippen LogP contribution in [0.1, 0.15) is 39.4 Å². The fourth-order valence-corrected chi connectivity index (χ4v) is 5.31. The van der Waals surface area contributed by atoms with Gasteiger partial charge < -0.3 is 19.4 Å². The molecular weight excluding hydrogens is 410 g/mol. The number of morpholine rings is 1. The first-order chi connectivity index (χ1) is 15.3. The highest BCUT2D eigenvalue weighted by Gasteiger charge is 2.25. The first-order valence-electron chi connectivity index (χ1n) is 10.8. The van der Waals surface area contributed by atoms with E-state index in [9.17, 15) is 4.79 Å². The largest absolute Gasteiger partial charge is 0.440 e. The Kier molecular flexibility index (Phi) is 5.86. The first kappa shape index (κ1) is 20.0. The van der Waals surface area contributed by atoms with Gasteiger partial charge in [-0.1, -0.05) is 18.2 Å². The summed E-state index contributed by atoms with van der Waals surface area (Å²) in [5.41, 5.74) is 2.66. The number of aryl methyl sites for hydroxylation is 1. The molecule has 3 heterocycles. The van der Waals surface area contributed by atoms with Gasteiger partial charge in [-0.2, -0.15) is 0 Å². The van der Waals surface area contributed by atoms with E-state index in [1.165, 1.54) is 4.88 Å². The number of hydrogen-bond acceptors (Lipinski definition) is 6. The monoisotopic (exact) mass is 435 g/mol. The Hall–Kier alpha value is -2.90. The Labute approximate surface area is 185 Å². The zero-order chi connectivity index (χ0) is 21.0. The van der Waals surface area contributed by atoms with Crippen molar-refractivity contribution in [2.24, 2.45) is 4.99 Å². The molecule has 1 N–H and O–H groups in total. The zero-order valence-corrected chi connectivity index (χ0v) is 18.1. The second-order valence-corrected chi connectivity index (χ2v) is 8.83. The van der Waals surface area contributed by atoms with Gasteiger partial charge in [0, 0.05) is 29.7 Å². The third-order valence-electron chi connectivity index (χ3n) is 5.66. The average molecular weight is 436 g/mol. The maximum absolute atomic E-state index is 13.2. The summed E-state index contributed by atoms with van der Waals surface area (Å²) in [4.78, 5) is 21.3.